The molecule has 6 nitrogen and oxygen atoms in total. The second-order valence-electron chi connectivity index (χ2n) is 6.18. The highest BCUT2D eigenvalue weighted by Crippen LogP contribution is 2.33. The topological polar surface area (TPSA) is 72.3 Å². The first-order valence-electron chi connectivity index (χ1n) is 8.45. The quantitative estimate of drug-likeness (QED) is 0.472. The molecule has 0 unspecified atom stereocenters. The number of ether oxygens (including phenoxy) is 1. The molecule has 3 heterocycles. The second kappa shape index (κ2) is 6.47. The van der Waals surface area contributed by atoms with Crippen LogP contribution < -0.4 is 10.3 Å². The lowest BCUT2D eigenvalue weighted by atomic mass is 10.1. The van der Waals surface area contributed by atoms with Crippen LogP contribution in [0.15, 0.2) is 59.5 Å². The molecule has 8 heteroatoms. The Bertz CT molecular complexity index is 1370. The Labute approximate surface area is 168 Å². The standard InChI is InChI=1S/C20H13ClN4O2S/c1-27-16-8-11(6-7-13(16)21)15-9-18(26)25-19(23-15)12(10-22-25)20-24-14-4-2-3-5-17(14)28-20/h2-10,23H,1H3. The Kier molecular flexibility index (Phi) is 3.92. The third-order valence-electron chi connectivity index (χ3n) is 4.49. The van der Waals surface area contributed by atoms with Gasteiger partial charge in [-0.3, -0.25) is 4.79 Å². The molecule has 0 radical (unpaired) electrons. The lowest BCUT2D eigenvalue weighted by Crippen LogP contribution is -2.14. The smallest absolute Gasteiger partial charge is 0.274 e. The first-order chi connectivity index (χ1) is 13.6. The molecular weight excluding hydrogens is 396 g/mol. The Morgan fingerprint density at radius 1 is 1.18 bits per heavy atom. The van der Waals surface area contributed by atoms with Crippen molar-refractivity contribution in [2.24, 2.45) is 0 Å². The van der Waals surface area contributed by atoms with E-state index in [9.17, 15) is 4.79 Å². The molecule has 0 saturated heterocycles. The maximum atomic E-state index is 12.6. The molecule has 0 spiro atoms. The molecule has 3 aromatic heterocycles. The maximum Gasteiger partial charge on any atom is 0.274 e. The van der Waals surface area contributed by atoms with Crippen LogP contribution in [0, 0.1) is 0 Å². The minimum atomic E-state index is -0.231. The molecule has 0 fully saturated rings. The zero-order chi connectivity index (χ0) is 19.3. The largest absolute Gasteiger partial charge is 0.495 e. The number of hydrogen-bond acceptors (Lipinski definition) is 5. The molecule has 0 amide bonds. The zero-order valence-corrected chi connectivity index (χ0v) is 16.2. The van der Waals surface area contributed by atoms with Gasteiger partial charge in [0.15, 0.2) is 0 Å². The lowest BCUT2D eigenvalue weighted by molar-refractivity contribution is 0.415. The first-order valence-corrected chi connectivity index (χ1v) is 9.64. The fourth-order valence-electron chi connectivity index (χ4n) is 3.11. The highest BCUT2D eigenvalue weighted by atomic mass is 35.5. The molecule has 0 aliphatic rings. The molecule has 0 saturated carbocycles. The van der Waals surface area contributed by atoms with Crippen LogP contribution in [0.4, 0.5) is 0 Å². The average molecular weight is 409 g/mol. The van der Waals surface area contributed by atoms with Gasteiger partial charge in [0.05, 0.1) is 39.8 Å². The van der Waals surface area contributed by atoms with Gasteiger partial charge in [0.25, 0.3) is 5.56 Å². The zero-order valence-electron chi connectivity index (χ0n) is 14.6. The number of para-hydroxylation sites is 1. The van der Waals surface area contributed by atoms with Crippen molar-refractivity contribution in [3.63, 3.8) is 0 Å². The predicted molar refractivity (Wildman–Crippen MR) is 111 cm³/mol. The normalized spacial score (nSPS) is 11.4. The van der Waals surface area contributed by atoms with Crippen molar-refractivity contribution in [2.45, 2.75) is 0 Å². The average Bonchev–Trinajstić information content (AvgIpc) is 3.32. The number of benzene rings is 2. The summed E-state index contributed by atoms with van der Waals surface area (Å²) in [4.78, 5) is 20.6. The number of halogens is 1. The summed E-state index contributed by atoms with van der Waals surface area (Å²) in [5, 5.41) is 5.55. The van der Waals surface area contributed by atoms with Crippen molar-refractivity contribution in [3.05, 3.63) is 70.1 Å². The van der Waals surface area contributed by atoms with Gasteiger partial charge in [-0.15, -0.1) is 11.3 Å². The van der Waals surface area contributed by atoms with E-state index >= 15 is 0 Å². The minimum absolute atomic E-state index is 0.231. The van der Waals surface area contributed by atoms with Gasteiger partial charge in [0.2, 0.25) is 0 Å². The molecule has 0 bridgehead atoms. The van der Waals surface area contributed by atoms with Gasteiger partial charge < -0.3 is 9.72 Å². The number of methoxy groups -OCH3 is 1. The molecule has 0 aliphatic carbocycles. The van der Waals surface area contributed by atoms with E-state index in [0.29, 0.717) is 22.1 Å². The third-order valence-corrected chi connectivity index (χ3v) is 5.87. The van der Waals surface area contributed by atoms with Crippen LogP contribution in [0.1, 0.15) is 0 Å². The predicted octanol–water partition coefficient (Wildman–Crippen LogP) is 4.63. The van der Waals surface area contributed by atoms with Crippen LogP contribution in [-0.2, 0) is 0 Å². The van der Waals surface area contributed by atoms with Gasteiger partial charge >= 0.3 is 0 Å². The molecule has 2 aromatic carbocycles. The van der Waals surface area contributed by atoms with Gasteiger partial charge in [-0.2, -0.15) is 9.61 Å². The summed E-state index contributed by atoms with van der Waals surface area (Å²) in [7, 11) is 1.55. The van der Waals surface area contributed by atoms with Crippen LogP contribution in [0.3, 0.4) is 0 Å². The number of fused-ring (bicyclic) bond motifs is 2. The molecule has 5 aromatic rings. The third kappa shape index (κ3) is 2.67. The number of nitrogens with one attached hydrogen (secondary N) is 1. The van der Waals surface area contributed by atoms with Crippen molar-refractivity contribution >= 4 is 38.8 Å². The maximum absolute atomic E-state index is 12.6. The minimum Gasteiger partial charge on any atom is -0.495 e. The summed E-state index contributed by atoms with van der Waals surface area (Å²) in [6.45, 7) is 0. The van der Waals surface area contributed by atoms with Crippen LogP contribution in [0.2, 0.25) is 5.02 Å². The summed E-state index contributed by atoms with van der Waals surface area (Å²) in [5.74, 6) is 0.541. The SMILES string of the molecule is COc1cc(-c2cc(=O)n3ncc(-c4nc5ccccc5s4)c3[nH]2)ccc1Cl. The van der Waals surface area contributed by atoms with Gasteiger partial charge in [-0.1, -0.05) is 29.8 Å². The van der Waals surface area contributed by atoms with Crippen LogP contribution in [0.5, 0.6) is 5.75 Å². The molecule has 0 aliphatic heterocycles. The Morgan fingerprint density at radius 3 is 2.86 bits per heavy atom. The summed E-state index contributed by atoms with van der Waals surface area (Å²) >= 11 is 7.68. The number of nitrogens with zero attached hydrogens (tertiary/aromatic N) is 3. The lowest BCUT2D eigenvalue weighted by Gasteiger charge is -2.07. The summed E-state index contributed by atoms with van der Waals surface area (Å²) in [5.41, 5.74) is 3.50. The molecule has 138 valence electrons. The van der Waals surface area contributed by atoms with Gasteiger partial charge in [-0.25, -0.2) is 4.98 Å². The number of aromatic nitrogens is 4. The van der Waals surface area contributed by atoms with E-state index in [1.54, 1.807) is 36.8 Å². The van der Waals surface area contributed by atoms with E-state index in [4.69, 9.17) is 16.3 Å². The number of hydrogen-bond donors (Lipinski definition) is 1. The molecule has 5 rings (SSSR count). The number of H-pyrrole nitrogens is 1. The van der Waals surface area contributed by atoms with Gasteiger partial charge in [0, 0.05) is 11.6 Å². The van der Waals surface area contributed by atoms with Crippen molar-refractivity contribution in [3.8, 4) is 27.6 Å². The Hall–Kier alpha value is -3.16. The van der Waals surface area contributed by atoms with Crippen LogP contribution in [-0.4, -0.2) is 26.7 Å². The van der Waals surface area contributed by atoms with E-state index in [0.717, 1.165) is 26.4 Å². The van der Waals surface area contributed by atoms with E-state index in [1.807, 2.05) is 30.3 Å². The van der Waals surface area contributed by atoms with Crippen molar-refractivity contribution in [2.75, 3.05) is 7.11 Å². The summed E-state index contributed by atoms with van der Waals surface area (Å²) in [6, 6.07) is 14.8. The molecule has 1 N–H and O–H groups in total. The number of rotatable bonds is 3. The van der Waals surface area contributed by atoms with Crippen molar-refractivity contribution < 1.29 is 4.74 Å². The number of aromatic amines is 1. The Balaban J connectivity index is 1.72. The monoisotopic (exact) mass is 408 g/mol. The fraction of sp³-hybridized carbons (Fsp3) is 0.0500. The van der Waals surface area contributed by atoms with Crippen LogP contribution in [0.25, 0.3) is 37.7 Å². The fourth-order valence-corrected chi connectivity index (χ4v) is 4.28. The van der Waals surface area contributed by atoms with Crippen molar-refractivity contribution in [1.82, 2.24) is 19.6 Å². The highest BCUT2D eigenvalue weighted by molar-refractivity contribution is 7.21. The van der Waals surface area contributed by atoms with Crippen molar-refractivity contribution in [1.29, 1.82) is 0 Å². The van der Waals surface area contributed by atoms with E-state index in [2.05, 4.69) is 15.1 Å². The Morgan fingerprint density at radius 2 is 2.04 bits per heavy atom. The second-order valence-corrected chi connectivity index (χ2v) is 7.61. The molecular formula is C20H13ClN4O2S. The summed E-state index contributed by atoms with van der Waals surface area (Å²) in [6.07, 6.45) is 1.66. The first kappa shape index (κ1) is 17.0. The highest BCUT2D eigenvalue weighted by Gasteiger charge is 2.15. The van der Waals surface area contributed by atoms with E-state index < -0.39 is 0 Å². The number of thiazole rings is 1. The molecule has 28 heavy (non-hydrogen) atoms. The molecule has 0 atom stereocenters. The van der Waals surface area contributed by atoms with E-state index in [-0.39, 0.29) is 5.56 Å². The van der Waals surface area contributed by atoms with Gasteiger partial charge in [-0.05, 0) is 24.3 Å². The van der Waals surface area contributed by atoms with Gasteiger partial charge in [0.1, 0.15) is 16.4 Å². The summed E-state index contributed by atoms with van der Waals surface area (Å²) < 4.78 is 7.71. The van der Waals surface area contributed by atoms with E-state index in [1.165, 1.54) is 10.6 Å². The van der Waals surface area contributed by atoms with Crippen LogP contribution >= 0.6 is 22.9 Å².